The molecule has 0 radical (unpaired) electrons. The summed E-state index contributed by atoms with van der Waals surface area (Å²) in [7, 11) is 0. The summed E-state index contributed by atoms with van der Waals surface area (Å²) < 4.78 is 31.6. The van der Waals surface area contributed by atoms with Crippen molar-refractivity contribution < 1.29 is 18.3 Å². The van der Waals surface area contributed by atoms with Crippen molar-refractivity contribution in [3.05, 3.63) is 59.7 Å². The highest BCUT2D eigenvalue weighted by molar-refractivity contribution is 5.89. The van der Waals surface area contributed by atoms with Crippen LogP contribution >= 0.6 is 12.4 Å². The summed E-state index contributed by atoms with van der Waals surface area (Å²) >= 11 is 0. The minimum atomic E-state index is -0.626. The van der Waals surface area contributed by atoms with Gasteiger partial charge >= 0.3 is 6.03 Å². The van der Waals surface area contributed by atoms with Crippen LogP contribution in [-0.4, -0.2) is 43.7 Å². The molecule has 2 aromatic rings. The molecule has 8 heteroatoms. The van der Waals surface area contributed by atoms with Gasteiger partial charge in [0.2, 0.25) is 0 Å². The second-order valence-corrected chi connectivity index (χ2v) is 7.48. The molecule has 0 bridgehead atoms. The topological polar surface area (TPSA) is 53.6 Å². The summed E-state index contributed by atoms with van der Waals surface area (Å²) in [6.45, 7) is 3.58. The van der Waals surface area contributed by atoms with E-state index in [-0.39, 0.29) is 24.2 Å². The molecule has 170 valence electrons. The number of unbranched alkanes of at least 4 members (excludes halogenated alkanes) is 3. The van der Waals surface area contributed by atoms with E-state index in [1.807, 2.05) is 17.0 Å². The van der Waals surface area contributed by atoms with Crippen molar-refractivity contribution >= 4 is 24.1 Å². The molecule has 1 fully saturated rings. The Morgan fingerprint density at radius 3 is 2.29 bits per heavy atom. The zero-order valence-electron chi connectivity index (χ0n) is 17.5. The van der Waals surface area contributed by atoms with E-state index in [1.165, 1.54) is 17.7 Å². The second kappa shape index (κ2) is 13.1. The van der Waals surface area contributed by atoms with Gasteiger partial charge in [-0.05, 0) is 37.0 Å². The SMILES string of the molecule is Cl.O=C(Nc1ccc(CCCCCCOc2cc(F)cc(F)c2)cc1)N1CCNCC1. The van der Waals surface area contributed by atoms with Gasteiger partial charge in [0.05, 0.1) is 6.61 Å². The Morgan fingerprint density at radius 2 is 1.61 bits per heavy atom. The lowest BCUT2D eigenvalue weighted by molar-refractivity contribution is 0.204. The molecule has 5 nitrogen and oxygen atoms in total. The molecule has 0 saturated carbocycles. The maximum Gasteiger partial charge on any atom is 0.321 e. The molecule has 31 heavy (non-hydrogen) atoms. The Morgan fingerprint density at radius 1 is 0.968 bits per heavy atom. The molecular formula is C23H30ClF2N3O2. The average Bonchev–Trinajstić information content (AvgIpc) is 2.74. The molecule has 0 atom stereocenters. The number of amides is 2. The Hall–Kier alpha value is -2.38. The van der Waals surface area contributed by atoms with Crippen LogP contribution < -0.4 is 15.4 Å². The van der Waals surface area contributed by atoms with Gasteiger partial charge in [0.1, 0.15) is 17.4 Å². The number of carbonyl (C=O) groups is 1. The zero-order chi connectivity index (χ0) is 21.2. The van der Waals surface area contributed by atoms with Crippen LogP contribution in [0.1, 0.15) is 31.2 Å². The highest BCUT2D eigenvalue weighted by atomic mass is 35.5. The van der Waals surface area contributed by atoms with Crippen LogP contribution in [0.5, 0.6) is 5.75 Å². The van der Waals surface area contributed by atoms with Crippen molar-refractivity contribution in [2.75, 3.05) is 38.1 Å². The summed E-state index contributed by atoms with van der Waals surface area (Å²) in [6, 6.07) is 11.2. The summed E-state index contributed by atoms with van der Waals surface area (Å²) in [5, 5.41) is 6.18. The monoisotopic (exact) mass is 453 g/mol. The maximum absolute atomic E-state index is 13.1. The molecule has 1 aliphatic rings. The van der Waals surface area contributed by atoms with Crippen molar-refractivity contribution in [1.82, 2.24) is 10.2 Å². The van der Waals surface area contributed by atoms with Crippen molar-refractivity contribution in [2.24, 2.45) is 0 Å². The molecule has 0 aliphatic carbocycles. The smallest absolute Gasteiger partial charge is 0.321 e. The largest absolute Gasteiger partial charge is 0.493 e. The predicted molar refractivity (Wildman–Crippen MR) is 121 cm³/mol. The first-order valence-electron chi connectivity index (χ1n) is 10.5. The van der Waals surface area contributed by atoms with E-state index in [0.29, 0.717) is 6.61 Å². The first kappa shape index (κ1) is 24.9. The van der Waals surface area contributed by atoms with Gasteiger partial charge in [-0.1, -0.05) is 25.0 Å². The molecule has 0 aromatic heterocycles. The van der Waals surface area contributed by atoms with Gasteiger partial charge in [0.15, 0.2) is 0 Å². The lowest BCUT2D eigenvalue weighted by Gasteiger charge is -2.27. The van der Waals surface area contributed by atoms with Crippen molar-refractivity contribution in [1.29, 1.82) is 0 Å². The van der Waals surface area contributed by atoms with Crippen LogP contribution in [0, 0.1) is 11.6 Å². The van der Waals surface area contributed by atoms with Crippen LogP contribution in [0.15, 0.2) is 42.5 Å². The number of piperazine rings is 1. The van der Waals surface area contributed by atoms with Gasteiger partial charge < -0.3 is 20.3 Å². The van der Waals surface area contributed by atoms with Crippen LogP contribution in [0.2, 0.25) is 0 Å². The average molecular weight is 454 g/mol. The fourth-order valence-electron chi connectivity index (χ4n) is 3.41. The second-order valence-electron chi connectivity index (χ2n) is 7.48. The quantitative estimate of drug-likeness (QED) is 0.525. The van der Waals surface area contributed by atoms with Crippen molar-refractivity contribution in [3.8, 4) is 5.75 Å². The number of nitrogens with zero attached hydrogens (tertiary/aromatic N) is 1. The molecule has 2 N–H and O–H groups in total. The molecule has 0 unspecified atom stereocenters. The van der Waals surface area contributed by atoms with Crippen LogP contribution in [0.3, 0.4) is 0 Å². The number of nitrogens with one attached hydrogen (secondary N) is 2. The maximum atomic E-state index is 13.1. The van der Waals surface area contributed by atoms with E-state index >= 15 is 0 Å². The van der Waals surface area contributed by atoms with E-state index in [0.717, 1.165) is 70.0 Å². The molecule has 1 saturated heterocycles. The summed E-state index contributed by atoms with van der Waals surface area (Å²) in [6.07, 6.45) is 4.93. The number of hydrogen-bond donors (Lipinski definition) is 2. The summed E-state index contributed by atoms with van der Waals surface area (Å²) in [4.78, 5) is 14.0. The minimum absolute atomic E-state index is 0. The minimum Gasteiger partial charge on any atom is -0.493 e. The highest BCUT2D eigenvalue weighted by Gasteiger charge is 2.15. The molecular weight excluding hydrogens is 424 g/mol. The number of hydrogen-bond acceptors (Lipinski definition) is 3. The standard InChI is InChI=1S/C23H29F2N3O2.ClH/c24-19-15-20(25)17-22(16-19)30-14-4-2-1-3-5-18-6-8-21(9-7-18)27-23(29)28-12-10-26-11-13-28;/h6-9,15-17,26H,1-5,10-14H2,(H,27,29);1H. The van der Waals surface area contributed by atoms with Gasteiger partial charge in [-0.25, -0.2) is 13.6 Å². The van der Waals surface area contributed by atoms with Crippen molar-refractivity contribution in [3.63, 3.8) is 0 Å². The van der Waals surface area contributed by atoms with E-state index < -0.39 is 11.6 Å². The third-order valence-electron chi connectivity index (χ3n) is 5.07. The number of rotatable bonds is 9. The zero-order valence-corrected chi connectivity index (χ0v) is 18.4. The van der Waals surface area contributed by atoms with Gasteiger partial charge in [0, 0.05) is 50.1 Å². The lowest BCUT2D eigenvalue weighted by atomic mass is 10.1. The molecule has 1 aliphatic heterocycles. The fourth-order valence-corrected chi connectivity index (χ4v) is 3.41. The Bertz CT molecular complexity index is 795. The van der Waals surface area contributed by atoms with Crippen LogP contribution in [-0.2, 0) is 6.42 Å². The first-order valence-corrected chi connectivity index (χ1v) is 10.5. The first-order chi connectivity index (χ1) is 14.6. The number of aryl methyl sites for hydroxylation is 1. The number of halogens is 3. The summed E-state index contributed by atoms with van der Waals surface area (Å²) in [5.74, 6) is -1.02. The van der Waals surface area contributed by atoms with Gasteiger partial charge in [-0.2, -0.15) is 0 Å². The Kier molecular flexibility index (Phi) is 10.5. The van der Waals surface area contributed by atoms with E-state index in [1.54, 1.807) is 0 Å². The van der Waals surface area contributed by atoms with Crippen molar-refractivity contribution in [2.45, 2.75) is 32.1 Å². The predicted octanol–water partition coefficient (Wildman–Crippen LogP) is 5.01. The molecule has 0 spiro atoms. The third kappa shape index (κ3) is 8.71. The van der Waals surface area contributed by atoms with E-state index in [4.69, 9.17) is 4.74 Å². The van der Waals surface area contributed by atoms with Gasteiger partial charge in [-0.3, -0.25) is 0 Å². The van der Waals surface area contributed by atoms with Crippen LogP contribution in [0.25, 0.3) is 0 Å². The normalized spacial score (nSPS) is 13.4. The molecule has 3 rings (SSSR count). The number of anilines is 1. The van der Waals surface area contributed by atoms with Gasteiger partial charge in [-0.15, -0.1) is 12.4 Å². The molecule has 1 heterocycles. The van der Waals surface area contributed by atoms with E-state index in [9.17, 15) is 13.6 Å². The summed E-state index contributed by atoms with van der Waals surface area (Å²) in [5.41, 5.74) is 2.05. The third-order valence-corrected chi connectivity index (χ3v) is 5.07. The lowest BCUT2D eigenvalue weighted by Crippen LogP contribution is -2.48. The van der Waals surface area contributed by atoms with E-state index in [2.05, 4.69) is 22.8 Å². The number of carbonyl (C=O) groups excluding carboxylic acids is 1. The number of benzene rings is 2. The fraction of sp³-hybridized carbons (Fsp3) is 0.435. The highest BCUT2D eigenvalue weighted by Crippen LogP contribution is 2.17. The molecule has 2 amide bonds. The van der Waals surface area contributed by atoms with Gasteiger partial charge in [0.25, 0.3) is 0 Å². The number of ether oxygens (including phenoxy) is 1. The van der Waals surface area contributed by atoms with Crippen LogP contribution in [0.4, 0.5) is 19.3 Å². The Balaban J connectivity index is 0.00000341. The number of urea groups is 1. The Labute approximate surface area is 188 Å². The molecule has 2 aromatic carbocycles.